The van der Waals surface area contributed by atoms with Crippen LogP contribution in [0.25, 0.3) is 0 Å². The fourth-order valence-corrected chi connectivity index (χ4v) is 3.57. The molecule has 1 atom stereocenters. The lowest BCUT2D eigenvalue weighted by atomic mass is 10.1. The zero-order chi connectivity index (χ0) is 17.8. The fourth-order valence-electron chi connectivity index (χ4n) is 3.57. The summed E-state index contributed by atoms with van der Waals surface area (Å²) in [5.41, 5.74) is 3.01. The number of amides is 1. The Morgan fingerprint density at radius 1 is 1.28 bits per heavy atom. The van der Waals surface area contributed by atoms with Gasteiger partial charge in [-0.05, 0) is 45.0 Å². The number of carbonyl (C=O) groups excluding carboxylic acids is 1. The van der Waals surface area contributed by atoms with Gasteiger partial charge >= 0.3 is 0 Å². The number of nitrogens with zero attached hydrogens (tertiary/aromatic N) is 4. The molecule has 2 saturated heterocycles. The maximum Gasteiger partial charge on any atom is 0.224 e. The van der Waals surface area contributed by atoms with Crippen LogP contribution in [0.4, 0.5) is 5.69 Å². The highest BCUT2D eigenvalue weighted by Gasteiger charge is 2.27. The van der Waals surface area contributed by atoms with Crippen molar-refractivity contribution in [1.82, 2.24) is 14.8 Å². The number of hydrogen-bond donors (Lipinski definition) is 0. The average molecular weight is 346 g/mol. The Labute approximate surface area is 150 Å². The van der Waals surface area contributed by atoms with Gasteiger partial charge in [0.05, 0.1) is 18.8 Å². The number of rotatable bonds is 5. The van der Waals surface area contributed by atoms with Crippen LogP contribution in [0.5, 0.6) is 0 Å². The number of ether oxygens (including phenoxy) is 1. The normalized spacial score (nSPS) is 21.6. The maximum absolute atomic E-state index is 12.6. The predicted molar refractivity (Wildman–Crippen MR) is 98.9 cm³/mol. The third-order valence-electron chi connectivity index (χ3n) is 5.06. The first-order valence-corrected chi connectivity index (χ1v) is 9.30. The van der Waals surface area contributed by atoms with Crippen molar-refractivity contribution in [2.24, 2.45) is 0 Å². The number of morpholine rings is 1. The van der Waals surface area contributed by atoms with Crippen LogP contribution in [0.3, 0.4) is 0 Å². The van der Waals surface area contributed by atoms with E-state index in [1.165, 1.54) is 12.8 Å². The molecule has 6 nitrogen and oxygen atoms in total. The van der Waals surface area contributed by atoms with Gasteiger partial charge in [0, 0.05) is 45.0 Å². The van der Waals surface area contributed by atoms with Crippen molar-refractivity contribution in [3.8, 4) is 0 Å². The van der Waals surface area contributed by atoms with Crippen LogP contribution in [0.2, 0.25) is 0 Å². The Bertz CT molecular complexity index is 599. The zero-order valence-corrected chi connectivity index (χ0v) is 15.7. The SMILES string of the molecule is Cc1cc(N(C)C)cc(C2CN(C(=O)CCN3CCCC3)CCO2)n1. The highest BCUT2D eigenvalue weighted by molar-refractivity contribution is 5.76. The second kappa shape index (κ2) is 8.15. The number of anilines is 1. The largest absolute Gasteiger partial charge is 0.378 e. The van der Waals surface area contributed by atoms with Gasteiger partial charge in [-0.2, -0.15) is 0 Å². The van der Waals surface area contributed by atoms with Crippen molar-refractivity contribution in [1.29, 1.82) is 0 Å². The number of hydrogen-bond acceptors (Lipinski definition) is 5. The third-order valence-corrected chi connectivity index (χ3v) is 5.06. The summed E-state index contributed by atoms with van der Waals surface area (Å²) in [5, 5.41) is 0. The van der Waals surface area contributed by atoms with Crippen molar-refractivity contribution < 1.29 is 9.53 Å². The summed E-state index contributed by atoms with van der Waals surface area (Å²) in [6.45, 7) is 7.02. The summed E-state index contributed by atoms with van der Waals surface area (Å²) in [6.07, 6.45) is 3.00. The van der Waals surface area contributed by atoms with Crippen molar-refractivity contribution in [2.45, 2.75) is 32.3 Å². The monoisotopic (exact) mass is 346 g/mol. The van der Waals surface area contributed by atoms with Gasteiger partial charge in [-0.1, -0.05) is 0 Å². The molecule has 0 N–H and O–H groups in total. The summed E-state index contributed by atoms with van der Waals surface area (Å²) in [5.74, 6) is 0.237. The van der Waals surface area contributed by atoms with Crippen LogP contribution < -0.4 is 4.90 Å². The first-order valence-electron chi connectivity index (χ1n) is 9.30. The van der Waals surface area contributed by atoms with Crippen molar-refractivity contribution in [3.63, 3.8) is 0 Å². The van der Waals surface area contributed by atoms with E-state index in [-0.39, 0.29) is 12.0 Å². The van der Waals surface area contributed by atoms with Crippen molar-refractivity contribution in [2.75, 3.05) is 58.3 Å². The van der Waals surface area contributed by atoms with Crippen molar-refractivity contribution in [3.05, 3.63) is 23.5 Å². The quantitative estimate of drug-likeness (QED) is 0.814. The molecule has 6 heteroatoms. The van der Waals surface area contributed by atoms with Gasteiger partial charge in [-0.15, -0.1) is 0 Å². The summed E-state index contributed by atoms with van der Waals surface area (Å²) in [4.78, 5) is 23.6. The lowest BCUT2D eigenvalue weighted by molar-refractivity contribution is -0.139. The Morgan fingerprint density at radius 2 is 2.04 bits per heavy atom. The molecule has 0 saturated carbocycles. The third kappa shape index (κ3) is 4.70. The minimum absolute atomic E-state index is 0.136. The van der Waals surface area contributed by atoms with E-state index < -0.39 is 0 Å². The first kappa shape index (κ1) is 18.1. The Kier molecular flexibility index (Phi) is 5.91. The molecule has 1 unspecified atom stereocenters. The molecule has 3 rings (SSSR count). The van der Waals surface area contributed by atoms with Gasteiger partial charge in [0.2, 0.25) is 5.91 Å². The van der Waals surface area contributed by atoms with E-state index in [4.69, 9.17) is 4.74 Å². The number of likely N-dealkylation sites (tertiary alicyclic amines) is 1. The van der Waals surface area contributed by atoms with Gasteiger partial charge < -0.3 is 19.4 Å². The molecule has 1 aromatic rings. The molecule has 3 heterocycles. The second-order valence-corrected chi connectivity index (χ2v) is 7.28. The van der Waals surface area contributed by atoms with E-state index in [2.05, 4.69) is 26.9 Å². The van der Waals surface area contributed by atoms with Gasteiger partial charge in [-0.25, -0.2) is 0 Å². The maximum atomic E-state index is 12.6. The molecule has 138 valence electrons. The van der Waals surface area contributed by atoms with Gasteiger partial charge in [-0.3, -0.25) is 9.78 Å². The average Bonchev–Trinajstić information content (AvgIpc) is 3.12. The number of aryl methyl sites for hydroxylation is 1. The summed E-state index contributed by atoms with van der Waals surface area (Å²) in [6, 6.07) is 4.13. The van der Waals surface area contributed by atoms with Crippen LogP contribution in [-0.2, 0) is 9.53 Å². The molecule has 2 aliphatic heterocycles. The van der Waals surface area contributed by atoms with E-state index in [1.807, 2.05) is 25.9 Å². The summed E-state index contributed by atoms with van der Waals surface area (Å²) < 4.78 is 5.93. The highest BCUT2D eigenvalue weighted by Crippen LogP contribution is 2.25. The minimum Gasteiger partial charge on any atom is -0.378 e. The van der Waals surface area contributed by atoms with Gasteiger partial charge in [0.15, 0.2) is 0 Å². The fraction of sp³-hybridized carbons (Fsp3) is 0.684. The molecule has 0 spiro atoms. The molecule has 2 aliphatic rings. The molecule has 1 aromatic heterocycles. The van der Waals surface area contributed by atoms with Crippen LogP contribution >= 0.6 is 0 Å². The summed E-state index contributed by atoms with van der Waals surface area (Å²) in [7, 11) is 4.04. The van der Waals surface area contributed by atoms with Gasteiger partial charge in [0.1, 0.15) is 6.10 Å². The smallest absolute Gasteiger partial charge is 0.224 e. The van der Waals surface area contributed by atoms with E-state index in [9.17, 15) is 4.79 Å². The van der Waals surface area contributed by atoms with Crippen LogP contribution in [-0.4, -0.2) is 74.1 Å². The molecular weight excluding hydrogens is 316 g/mol. The van der Waals surface area contributed by atoms with Crippen molar-refractivity contribution >= 4 is 11.6 Å². The topological polar surface area (TPSA) is 48.9 Å². The van der Waals surface area contributed by atoms with E-state index in [0.717, 1.165) is 36.7 Å². The Morgan fingerprint density at radius 3 is 2.76 bits per heavy atom. The van der Waals surface area contributed by atoms with E-state index >= 15 is 0 Å². The van der Waals surface area contributed by atoms with Gasteiger partial charge in [0.25, 0.3) is 0 Å². The number of aromatic nitrogens is 1. The standard InChI is InChI=1S/C19H30N4O2/c1-15-12-16(21(2)3)13-17(20-15)18-14-23(10-11-25-18)19(24)6-9-22-7-4-5-8-22/h12-13,18H,4-11,14H2,1-3H3. The second-order valence-electron chi connectivity index (χ2n) is 7.28. The molecule has 1 amide bonds. The zero-order valence-electron chi connectivity index (χ0n) is 15.7. The molecular formula is C19H30N4O2. The number of pyridine rings is 1. The van der Waals surface area contributed by atoms with Crippen LogP contribution in [0.1, 0.15) is 36.8 Å². The lowest BCUT2D eigenvalue weighted by Gasteiger charge is -2.33. The predicted octanol–water partition coefficient (Wildman–Crippen LogP) is 1.84. The summed E-state index contributed by atoms with van der Waals surface area (Å²) >= 11 is 0. The molecule has 0 aliphatic carbocycles. The molecule has 0 bridgehead atoms. The Hall–Kier alpha value is -1.66. The van der Waals surface area contributed by atoms with E-state index in [1.54, 1.807) is 0 Å². The number of carbonyl (C=O) groups is 1. The first-order chi connectivity index (χ1) is 12.0. The van der Waals surface area contributed by atoms with Crippen LogP contribution in [0, 0.1) is 6.92 Å². The molecule has 25 heavy (non-hydrogen) atoms. The molecule has 0 radical (unpaired) electrons. The lowest BCUT2D eigenvalue weighted by Crippen LogP contribution is -2.43. The highest BCUT2D eigenvalue weighted by atomic mass is 16.5. The van der Waals surface area contributed by atoms with E-state index in [0.29, 0.717) is 26.1 Å². The minimum atomic E-state index is -0.136. The van der Waals surface area contributed by atoms with Crippen LogP contribution in [0.15, 0.2) is 12.1 Å². The Balaban J connectivity index is 1.61. The molecule has 2 fully saturated rings. The molecule has 0 aromatic carbocycles.